The summed E-state index contributed by atoms with van der Waals surface area (Å²) in [7, 11) is 0. The van der Waals surface area contributed by atoms with Gasteiger partial charge in [-0.2, -0.15) is 0 Å². The lowest BCUT2D eigenvalue weighted by molar-refractivity contribution is -0.129. The fourth-order valence-electron chi connectivity index (χ4n) is 4.43. The van der Waals surface area contributed by atoms with Crippen LogP contribution in [0.5, 0.6) is 11.5 Å². The van der Waals surface area contributed by atoms with Gasteiger partial charge in [0.05, 0.1) is 6.04 Å². The Morgan fingerprint density at radius 2 is 1.38 bits per heavy atom. The predicted molar refractivity (Wildman–Crippen MR) is 115 cm³/mol. The van der Waals surface area contributed by atoms with E-state index in [1.165, 1.54) is 24.3 Å². The van der Waals surface area contributed by atoms with E-state index in [0.29, 0.717) is 24.5 Å². The van der Waals surface area contributed by atoms with Crippen molar-refractivity contribution in [2.45, 2.75) is 38.5 Å². The van der Waals surface area contributed by atoms with Crippen LogP contribution in [0.25, 0.3) is 0 Å². The third-order valence-electron chi connectivity index (χ3n) is 6.13. The lowest BCUT2D eigenvalue weighted by Gasteiger charge is -2.32. The Labute approximate surface area is 185 Å². The molecule has 0 bridgehead atoms. The third kappa shape index (κ3) is 4.17. The first kappa shape index (κ1) is 20.5. The Morgan fingerprint density at radius 3 is 1.97 bits per heavy atom. The normalized spacial score (nSPS) is 17.1. The van der Waals surface area contributed by atoms with Gasteiger partial charge in [0.15, 0.2) is 11.5 Å². The van der Waals surface area contributed by atoms with Crippen LogP contribution in [0.4, 0.5) is 8.78 Å². The Balaban J connectivity index is 1.42. The van der Waals surface area contributed by atoms with Crippen molar-refractivity contribution in [1.29, 1.82) is 0 Å². The minimum absolute atomic E-state index is 0.0746. The van der Waals surface area contributed by atoms with Crippen LogP contribution < -0.4 is 9.47 Å². The highest BCUT2D eigenvalue weighted by molar-refractivity contribution is 5.79. The number of hydrogen-bond donors (Lipinski definition) is 0. The van der Waals surface area contributed by atoms with Crippen molar-refractivity contribution in [3.8, 4) is 11.5 Å². The maximum Gasteiger partial charge on any atom is 0.223 e. The van der Waals surface area contributed by atoms with Gasteiger partial charge in [0.1, 0.15) is 24.8 Å². The molecule has 0 N–H and O–H groups in total. The summed E-state index contributed by atoms with van der Waals surface area (Å²) in [6.07, 6.45) is 2.14. The zero-order chi connectivity index (χ0) is 22.1. The first-order valence-electron chi connectivity index (χ1n) is 10.8. The van der Waals surface area contributed by atoms with Gasteiger partial charge >= 0.3 is 0 Å². The van der Waals surface area contributed by atoms with Crippen molar-refractivity contribution >= 4 is 5.91 Å². The minimum Gasteiger partial charge on any atom is -0.485 e. The molecule has 2 aliphatic heterocycles. The van der Waals surface area contributed by atoms with Crippen LogP contribution in [-0.2, 0) is 24.4 Å². The highest BCUT2D eigenvalue weighted by atomic mass is 19.1. The summed E-state index contributed by atoms with van der Waals surface area (Å²) in [5.41, 5.74) is 3.95. The van der Waals surface area contributed by atoms with E-state index in [1.807, 2.05) is 17.0 Å². The van der Waals surface area contributed by atoms with Gasteiger partial charge in [-0.1, -0.05) is 24.3 Å². The average molecular weight is 435 g/mol. The number of rotatable bonds is 6. The molecule has 2 aliphatic rings. The molecule has 1 saturated heterocycles. The van der Waals surface area contributed by atoms with Crippen molar-refractivity contribution < 1.29 is 23.0 Å². The Bertz CT molecular complexity index is 1130. The van der Waals surface area contributed by atoms with Gasteiger partial charge in [0.25, 0.3) is 0 Å². The predicted octanol–water partition coefficient (Wildman–Crippen LogP) is 5.34. The van der Waals surface area contributed by atoms with Crippen molar-refractivity contribution in [3.05, 3.63) is 94.6 Å². The fourth-order valence-corrected chi connectivity index (χ4v) is 4.43. The van der Waals surface area contributed by atoms with E-state index in [0.717, 1.165) is 35.1 Å². The van der Waals surface area contributed by atoms with E-state index in [1.54, 1.807) is 24.3 Å². The van der Waals surface area contributed by atoms with Gasteiger partial charge in [-0.05, 0) is 71.5 Å². The number of nitrogens with zero attached hydrogens (tertiary/aromatic N) is 1. The van der Waals surface area contributed by atoms with Crippen LogP contribution in [0.2, 0.25) is 0 Å². The largest absolute Gasteiger partial charge is 0.485 e. The number of ether oxygens (including phenoxy) is 2. The molecule has 1 amide bonds. The second kappa shape index (κ2) is 8.61. The molecular weight excluding hydrogens is 412 g/mol. The Morgan fingerprint density at radius 1 is 0.812 bits per heavy atom. The average Bonchev–Trinajstić information content (AvgIpc) is 3.19. The standard InChI is InChI=1S/C26H23F2NO3/c27-20-5-1-17(2-6-20)15-31-24-13-19-11-12-29-23(9-10-26(29)30)22(19)14-25(24)32-16-18-3-7-21(28)8-4-18/h1-8,13-14,23H,9-12,15-16H2. The molecular formula is C26H23F2NO3. The SMILES string of the molecule is O=C1CCC2c3cc(OCc4ccc(F)cc4)c(OCc4ccc(F)cc4)cc3CCN12. The number of carbonyl (C=O) groups excluding carboxylic acids is 1. The monoisotopic (exact) mass is 435 g/mol. The molecule has 164 valence electrons. The van der Waals surface area contributed by atoms with Gasteiger partial charge in [0.2, 0.25) is 5.91 Å². The molecule has 0 spiro atoms. The fraction of sp³-hybridized carbons (Fsp3) is 0.269. The zero-order valence-electron chi connectivity index (χ0n) is 17.5. The second-order valence-electron chi connectivity index (χ2n) is 8.22. The molecule has 6 heteroatoms. The lowest BCUT2D eigenvalue weighted by atomic mass is 9.92. The van der Waals surface area contributed by atoms with Crippen molar-refractivity contribution in [2.24, 2.45) is 0 Å². The van der Waals surface area contributed by atoms with Crippen LogP contribution in [0.15, 0.2) is 60.7 Å². The zero-order valence-corrected chi connectivity index (χ0v) is 17.5. The van der Waals surface area contributed by atoms with Crippen molar-refractivity contribution in [3.63, 3.8) is 0 Å². The van der Waals surface area contributed by atoms with Crippen LogP contribution in [0, 0.1) is 11.6 Å². The summed E-state index contributed by atoms with van der Waals surface area (Å²) >= 11 is 0. The van der Waals surface area contributed by atoms with E-state index in [9.17, 15) is 13.6 Å². The molecule has 0 aliphatic carbocycles. The number of benzene rings is 3. The molecule has 3 aromatic carbocycles. The van der Waals surface area contributed by atoms with Gasteiger partial charge in [-0.15, -0.1) is 0 Å². The van der Waals surface area contributed by atoms with Gasteiger partial charge in [-0.25, -0.2) is 8.78 Å². The van der Waals surface area contributed by atoms with Crippen LogP contribution in [-0.4, -0.2) is 17.4 Å². The van der Waals surface area contributed by atoms with Crippen LogP contribution in [0.3, 0.4) is 0 Å². The summed E-state index contributed by atoms with van der Waals surface area (Å²) in [4.78, 5) is 14.2. The van der Waals surface area contributed by atoms with E-state index in [-0.39, 0.29) is 36.8 Å². The molecule has 2 heterocycles. The quantitative estimate of drug-likeness (QED) is 0.525. The summed E-state index contributed by atoms with van der Waals surface area (Å²) < 4.78 is 38.6. The van der Waals surface area contributed by atoms with E-state index in [4.69, 9.17) is 9.47 Å². The number of carbonyl (C=O) groups is 1. The molecule has 5 rings (SSSR count). The topological polar surface area (TPSA) is 38.8 Å². The maximum atomic E-state index is 13.2. The summed E-state index contributed by atoms with van der Waals surface area (Å²) in [6, 6.07) is 16.4. The smallest absolute Gasteiger partial charge is 0.223 e. The van der Waals surface area contributed by atoms with Crippen LogP contribution in [0.1, 0.15) is 41.1 Å². The van der Waals surface area contributed by atoms with Crippen molar-refractivity contribution in [1.82, 2.24) is 4.90 Å². The minimum atomic E-state index is -0.295. The Hall–Kier alpha value is -3.41. The molecule has 4 nitrogen and oxygen atoms in total. The van der Waals surface area contributed by atoms with Crippen LogP contribution >= 0.6 is 0 Å². The van der Waals surface area contributed by atoms with E-state index >= 15 is 0 Å². The molecule has 32 heavy (non-hydrogen) atoms. The number of fused-ring (bicyclic) bond motifs is 3. The number of amides is 1. The van der Waals surface area contributed by atoms with E-state index in [2.05, 4.69) is 0 Å². The third-order valence-corrected chi connectivity index (χ3v) is 6.13. The second-order valence-corrected chi connectivity index (χ2v) is 8.22. The lowest BCUT2D eigenvalue weighted by Crippen LogP contribution is -2.34. The van der Waals surface area contributed by atoms with E-state index < -0.39 is 0 Å². The molecule has 1 fully saturated rings. The van der Waals surface area contributed by atoms with Crippen molar-refractivity contribution in [2.75, 3.05) is 6.54 Å². The number of hydrogen-bond acceptors (Lipinski definition) is 3. The molecule has 3 aromatic rings. The molecule has 0 saturated carbocycles. The molecule has 0 radical (unpaired) electrons. The maximum absolute atomic E-state index is 13.2. The number of halogens is 2. The highest BCUT2D eigenvalue weighted by Crippen LogP contribution is 2.43. The molecule has 1 unspecified atom stereocenters. The first-order chi connectivity index (χ1) is 15.6. The first-order valence-corrected chi connectivity index (χ1v) is 10.8. The Kier molecular flexibility index (Phi) is 5.52. The summed E-state index contributed by atoms with van der Waals surface area (Å²) in [6.45, 7) is 1.25. The molecule has 1 atom stereocenters. The van der Waals surface area contributed by atoms with Gasteiger partial charge < -0.3 is 14.4 Å². The highest BCUT2D eigenvalue weighted by Gasteiger charge is 2.36. The summed E-state index contributed by atoms with van der Waals surface area (Å²) in [5, 5.41) is 0. The van der Waals surface area contributed by atoms with Gasteiger partial charge in [-0.3, -0.25) is 4.79 Å². The summed E-state index contributed by atoms with van der Waals surface area (Å²) in [5.74, 6) is 0.800. The van der Waals surface area contributed by atoms with Gasteiger partial charge in [0, 0.05) is 13.0 Å². The molecule has 0 aromatic heterocycles.